The fraction of sp³-hybridized carbons (Fsp3) is 0.444. The van der Waals surface area contributed by atoms with Gasteiger partial charge in [-0.2, -0.15) is 0 Å². The molecule has 3 rings (SSSR count). The topological polar surface area (TPSA) is 20.2 Å². The zero-order valence-electron chi connectivity index (χ0n) is 13.0. The van der Waals surface area contributed by atoms with Crippen LogP contribution in [-0.4, -0.2) is 30.1 Å². The normalized spacial score (nSPS) is 18.0. The molecule has 2 heterocycles. The van der Waals surface area contributed by atoms with Gasteiger partial charge >= 0.3 is 0 Å². The molecule has 3 nitrogen and oxygen atoms in total. The first-order valence-electron chi connectivity index (χ1n) is 7.84. The Balaban J connectivity index is 1.70. The largest absolute Gasteiger partial charge is 0.345 e. The standard InChI is InChI=1S/C18H25N3/c1-20(2)14-16-9-11-18-17(19-12-13-21(16)18)10-8-15-6-4-3-5-7-15/h3-7,9,11,17,19H,8,10,12-14H2,1-2H3. The summed E-state index contributed by atoms with van der Waals surface area (Å²) in [5.74, 6) is 0. The van der Waals surface area contributed by atoms with Gasteiger partial charge in [-0.1, -0.05) is 30.3 Å². The number of hydrogen-bond acceptors (Lipinski definition) is 2. The summed E-state index contributed by atoms with van der Waals surface area (Å²) in [6.45, 7) is 3.18. The van der Waals surface area contributed by atoms with Crippen LogP contribution >= 0.6 is 0 Å². The van der Waals surface area contributed by atoms with Crippen molar-refractivity contribution in [3.8, 4) is 0 Å². The van der Waals surface area contributed by atoms with Crippen LogP contribution in [0.25, 0.3) is 0 Å². The molecule has 1 N–H and O–H groups in total. The van der Waals surface area contributed by atoms with E-state index in [1.165, 1.54) is 17.0 Å². The molecule has 1 unspecified atom stereocenters. The third kappa shape index (κ3) is 3.36. The minimum absolute atomic E-state index is 0.481. The first-order chi connectivity index (χ1) is 10.2. The molecule has 0 saturated carbocycles. The summed E-state index contributed by atoms with van der Waals surface area (Å²) >= 11 is 0. The molecule has 3 heteroatoms. The van der Waals surface area contributed by atoms with E-state index in [9.17, 15) is 0 Å². The van der Waals surface area contributed by atoms with Gasteiger partial charge in [-0.25, -0.2) is 0 Å². The summed E-state index contributed by atoms with van der Waals surface area (Å²) in [6.07, 6.45) is 2.29. The van der Waals surface area contributed by atoms with E-state index >= 15 is 0 Å². The van der Waals surface area contributed by atoms with E-state index in [2.05, 4.69) is 71.3 Å². The van der Waals surface area contributed by atoms with Gasteiger partial charge in [0.1, 0.15) is 0 Å². The van der Waals surface area contributed by atoms with E-state index in [-0.39, 0.29) is 0 Å². The van der Waals surface area contributed by atoms with Gasteiger partial charge in [0.25, 0.3) is 0 Å². The molecule has 1 aliphatic heterocycles. The van der Waals surface area contributed by atoms with Crippen molar-refractivity contribution in [3.05, 3.63) is 59.4 Å². The zero-order chi connectivity index (χ0) is 14.7. The van der Waals surface area contributed by atoms with Gasteiger partial charge in [0.05, 0.1) is 0 Å². The lowest BCUT2D eigenvalue weighted by atomic mass is 10.0. The van der Waals surface area contributed by atoms with Crippen molar-refractivity contribution in [2.75, 3.05) is 20.6 Å². The fourth-order valence-corrected chi connectivity index (χ4v) is 3.23. The molecule has 0 bridgehead atoms. The average Bonchev–Trinajstić information content (AvgIpc) is 2.89. The van der Waals surface area contributed by atoms with Gasteiger partial charge in [-0.3, -0.25) is 0 Å². The van der Waals surface area contributed by atoms with E-state index in [1.807, 2.05) is 0 Å². The van der Waals surface area contributed by atoms with E-state index in [4.69, 9.17) is 0 Å². The van der Waals surface area contributed by atoms with E-state index in [0.717, 1.165) is 32.5 Å². The molecule has 0 aliphatic carbocycles. The van der Waals surface area contributed by atoms with Crippen LogP contribution in [0.4, 0.5) is 0 Å². The highest BCUT2D eigenvalue weighted by molar-refractivity contribution is 5.22. The molecule has 1 aromatic heterocycles. The summed E-state index contributed by atoms with van der Waals surface area (Å²) in [4.78, 5) is 2.24. The second-order valence-electron chi connectivity index (χ2n) is 6.17. The average molecular weight is 283 g/mol. The lowest BCUT2D eigenvalue weighted by Gasteiger charge is -2.28. The van der Waals surface area contributed by atoms with E-state index < -0.39 is 0 Å². The number of aromatic nitrogens is 1. The van der Waals surface area contributed by atoms with Crippen LogP contribution in [0.1, 0.15) is 29.4 Å². The van der Waals surface area contributed by atoms with Gasteiger partial charge in [0, 0.05) is 37.1 Å². The van der Waals surface area contributed by atoms with Crippen LogP contribution in [0.3, 0.4) is 0 Å². The second kappa shape index (κ2) is 6.46. The van der Waals surface area contributed by atoms with Crippen molar-refractivity contribution in [3.63, 3.8) is 0 Å². The van der Waals surface area contributed by atoms with Gasteiger partial charge in [-0.15, -0.1) is 0 Å². The maximum Gasteiger partial charge on any atom is 0.0478 e. The maximum absolute atomic E-state index is 3.68. The maximum atomic E-state index is 3.68. The van der Waals surface area contributed by atoms with Gasteiger partial charge < -0.3 is 14.8 Å². The Morgan fingerprint density at radius 2 is 1.95 bits per heavy atom. The summed E-state index contributed by atoms with van der Waals surface area (Å²) in [5, 5.41) is 3.68. The Morgan fingerprint density at radius 3 is 2.71 bits per heavy atom. The first-order valence-corrected chi connectivity index (χ1v) is 7.84. The molecule has 1 aromatic carbocycles. The van der Waals surface area contributed by atoms with Crippen LogP contribution < -0.4 is 5.32 Å². The van der Waals surface area contributed by atoms with Crippen molar-refractivity contribution in [1.29, 1.82) is 0 Å². The molecule has 0 fully saturated rings. The van der Waals surface area contributed by atoms with Crippen LogP contribution in [0.5, 0.6) is 0 Å². The summed E-state index contributed by atoms with van der Waals surface area (Å²) in [6, 6.07) is 15.9. The van der Waals surface area contributed by atoms with Crippen LogP contribution in [0.2, 0.25) is 0 Å². The lowest BCUT2D eigenvalue weighted by Crippen LogP contribution is -2.34. The number of nitrogens with one attached hydrogen (secondary N) is 1. The number of benzene rings is 1. The second-order valence-corrected chi connectivity index (χ2v) is 6.17. The predicted molar refractivity (Wildman–Crippen MR) is 87.3 cm³/mol. The highest BCUT2D eigenvalue weighted by Crippen LogP contribution is 2.25. The summed E-state index contributed by atoms with van der Waals surface area (Å²) in [5.41, 5.74) is 4.31. The first kappa shape index (κ1) is 14.4. The highest BCUT2D eigenvalue weighted by atomic mass is 15.1. The van der Waals surface area contributed by atoms with Crippen molar-refractivity contribution < 1.29 is 0 Å². The van der Waals surface area contributed by atoms with Crippen molar-refractivity contribution >= 4 is 0 Å². The van der Waals surface area contributed by atoms with Crippen molar-refractivity contribution in [1.82, 2.24) is 14.8 Å². The highest BCUT2D eigenvalue weighted by Gasteiger charge is 2.21. The third-order valence-corrected chi connectivity index (χ3v) is 4.23. The van der Waals surface area contributed by atoms with E-state index in [0.29, 0.717) is 6.04 Å². The molecule has 2 aromatic rings. The number of nitrogens with zero attached hydrogens (tertiary/aromatic N) is 2. The SMILES string of the molecule is CN(C)Cc1ccc2n1CCNC2CCc1ccccc1. The molecule has 21 heavy (non-hydrogen) atoms. The Bertz CT molecular complexity index is 571. The Morgan fingerprint density at radius 1 is 1.14 bits per heavy atom. The number of aryl methyl sites for hydroxylation is 1. The molecule has 0 saturated heterocycles. The van der Waals surface area contributed by atoms with Crippen molar-refractivity contribution in [2.45, 2.75) is 32.0 Å². The molecule has 1 atom stereocenters. The third-order valence-electron chi connectivity index (χ3n) is 4.23. The van der Waals surface area contributed by atoms with Crippen LogP contribution in [0.15, 0.2) is 42.5 Å². The minimum atomic E-state index is 0.481. The minimum Gasteiger partial charge on any atom is -0.345 e. The summed E-state index contributed by atoms with van der Waals surface area (Å²) in [7, 11) is 4.27. The molecular formula is C18H25N3. The molecular weight excluding hydrogens is 258 g/mol. The molecule has 0 spiro atoms. The fourth-order valence-electron chi connectivity index (χ4n) is 3.23. The number of fused-ring (bicyclic) bond motifs is 1. The monoisotopic (exact) mass is 283 g/mol. The smallest absolute Gasteiger partial charge is 0.0478 e. The van der Waals surface area contributed by atoms with Crippen molar-refractivity contribution in [2.24, 2.45) is 0 Å². The number of rotatable bonds is 5. The van der Waals surface area contributed by atoms with Gasteiger partial charge in [0.2, 0.25) is 0 Å². The van der Waals surface area contributed by atoms with Gasteiger partial charge in [-0.05, 0) is 44.6 Å². The zero-order valence-corrected chi connectivity index (χ0v) is 13.0. The lowest BCUT2D eigenvalue weighted by molar-refractivity contribution is 0.360. The van der Waals surface area contributed by atoms with Gasteiger partial charge in [0.15, 0.2) is 0 Å². The molecule has 112 valence electrons. The van der Waals surface area contributed by atoms with E-state index in [1.54, 1.807) is 0 Å². The Labute approximate surface area is 127 Å². The van der Waals surface area contributed by atoms with Crippen LogP contribution in [0, 0.1) is 0 Å². The number of hydrogen-bond donors (Lipinski definition) is 1. The van der Waals surface area contributed by atoms with Crippen LogP contribution in [-0.2, 0) is 19.5 Å². The molecule has 1 aliphatic rings. The Kier molecular flexibility index (Phi) is 4.42. The Hall–Kier alpha value is -1.58. The molecule has 0 amide bonds. The molecule has 0 radical (unpaired) electrons. The summed E-state index contributed by atoms with van der Waals surface area (Å²) < 4.78 is 2.51. The predicted octanol–water partition coefficient (Wildman–Crippen LogP) is 2.83. The quantitative estimate of drug-likeness (QED) is 0.910.